The first-order valence-corrected chi connectivity index (χ1v) is 11.0. The minimum atomic E-state index is -0.129. The number of rotatable bonds is 6. The molecule has 0 saturated carbocycles. The minimum absolute atomic E-state index is 0.129. The molecule has 1 amide bonds. The van der Waals surface area contributed by atoms with E-state index in [2.05, 4.69) is 20.6 Å². The van der Waals surface area contributed by atoms with Gasteiger partial charge in [-0.15, -0.1) is 10.2 Å². The quantitative estimate of drug-likeness (QED) is 0.457. The van der Waals surface area contributed by atoms with Gasteiger partial charge in [0.25, 0.3) is 0 Å². The van der Waals surface area contributed by atoms with Gasteiger partial charge in [-0.3, -0.25) is 9.36 Å². The third kappa shape index (κ3) is 4.54. The van der Waals surface area contributed by atoms with Crippen molar-refractivity contribution in [1.29, 1.82) is 0 Å². The lowest BCUT2D eigenvalue weighted by Gasteiger charge is -2.11. The van der Waals surface area contributed by atoms with Gasteiger partial charge in [-0.1, -0.05) is 47.7 Å². The van der Waals surface area contributed by atoms with Crippen LogP contribution >= 0.6 is 11.8 Å². The monoisotopic (exact) mass is 432 g/mol. The molecule has 158 valence electrons. The molecule has 4 rings (SSSR count). The van der Waals surface area contributed by atoms with Crippen molar-refractivity contribution in [2.45, 2.75) is 32.9 Å². The van der Waals surface area contributed by atoms with Crippen molar-refractivity contribution in [2.24, 2.45) is 0 Å². The van der Waals surface area contributed by atoms with E-state index in [1.165, 1.54) is 17.3 Å². The van der Waals surface area contributed by atoms with E-state index in [0.717, 1.165) is 28.5 Å². The molecule has 31 heavy (non-hydrogen) atoms. The first-order valence-electron chi connectivity index (χ1n) is 9.97. The van der Waals surface area contributed by atoms with Crippen LogP contribution in [0, 0.1) is 27.7 Å². The zero-order valence-electron chi connectivity index (χ0n) is 18.0. The molecule has 0 radical (unpaired) electrons. The van der Waals surface area contributed by atoms with E-state index in [0.29, 0.717) is 11.0 Å². The normalized spacial score (nSPS) is 11.0. The fourth-order valence-electron chi connectivity index (χ4n) is 3.31. The number of para-hydroxylation sites is 1. The summed E-state index contributed by atoms with van der Waals surface area (Å²) in [6.45, 7) is 7.90. The third-order valence-electron chi connectivity index (χ3n) is 4.86. The van der Waals surface area contributed by atoms with Crippen molar-refractivity contribution >= 4 is 23.5 Å². The topological polar surface area (TPSA) is 77.6 Å². The second-order valence-corrected chi connectivity index (χ2v) is 8.35. The highest BCUT2D eigenvalue weighted by atomic mass is 32.2. The number of nitrogens with one attached hydrogen (secondary N) is 1. The van der Waals surface area contributed by atoms with Gasteiger partial charge in [0, 0.05) is 6.07 Å². The number of carbonyl (C=O) groups is 1. The maximum atomic E-state index is 12.7. The average molecular weight is 433 g/mol. The fourth-order valence-corrected chi connectivity index (χ4v) is 4.10. The van der Waals surface area contributed by atoms with Gasteiger partial charge in [-0.2, -0.15) is 5.10 Å². The smallest absolute Gasteiger partial charge is 0.236 e. The van der Waals surface area contributed by atoms with Gasteiger partial charge < -0.3 is 5.32 Å². The summed E-state index contributed by atoms with van der Waals surface area (Å²) < 4.78 is 3.73. The first-order chi connectivity index (χ1) is 14.9. The molecule has 0 aliphatic heterocycles. The summed E-state index contributed by atoms with van der Waals surface area (Å²) in [7, 11) is 0. The molecular weight excluding hydrogens is 408 g/mol. The second-order valence-electron chi connectivity index (χ2n) is 7.41. The molecule has 4 aromatic rings. The summed E-state index contributed by atoms with van der Waals surface area (Å²) in [5, 5.41) is 16.7. The number of benzene rings is 2. The highest BCUT2D eigenvalue weighted by molar-refractivity contribution is 7.99. The molecule has 0 aliphatic rings. The van der Waals surface area contributed by atoms with Crippen molar-refractivity contribution < 1.29 is 4.79 Å². The summed E-state index contributed by atoms with van der Waals surface area (Å²) >= 11 is 1.36. The summed E-state index contributed by atoms with van der Waals surface area (Å²) in [4.78, 5) is 12.7. The van der Waals surface area contributed by atoms with Gasteiger partial charge in [0.2, 0.25) is 5.91 Å². The largest absolute Gasteiger partial charge is 0.310 e. The van der Waals surface area contributed by atoms with E-state index >= 15 is 0 Å². The minimum Gasteiger partial charge on any atom is -0.310 e. The molecule has 0 unspecified atom stereocenters. The number of amides is 1. The van der Waals surface area contributed by atoms with Crippen LogP contribution in [0.15, 0.2) is 59.8 Å². The van der Waals surface area contributed by atoms with Gasteiger partial charge >= 0.3 is 0 Å². The summed E-state index contributed by atoms with van der Waals surface area (Å²) in [5.74, 6) is 1.51. The van der Waals surface area contributed by atoms with Crippen molar-refractivity contribution in [3.05, 3.63) is 77.2 Å². The van der Waals surface area contributed by atoms with Gasteiger partial charge in [-0.05, 0) is 51.5 Å². The number of aryl methyl sites for hydroxylation is 4. The molecule has 7 nitrogen and oxygen atoms in total. The van der Waals surface area contributed by atoms with Gasteiger partial charge in [0.05, 0.1) is 22.8 Å². The van der Waals surface area contributed by atoms with E-state index in [1.807, 2.05) is 86.9 Å². The number of carbonyl (C=O) groups excluding carboxylic acids is 1. The van der Waals surface area contributed by atoms with E-state index in [1.54, 1.807) is 4.68 Å². The average Bonchev–Trinajstić information content (AvgIpc) is 3.29. The van der Waals surface area contributed by atoms with Crippen LogP contribution < -0.4 is 5.32 Å². The molecule has 2 aromatic carbocycles. The lowest BCUT2D eigenvalue weighted by molar-refractivity contribution is -0.113. The number of nitrogens with zero attached hydrogens (tertiary/aromatic N) is 5. The maximum absolute atomic E-state index is 12.7. The van der Waals surface area contributed by atoms with Crippen LogP contribution in [0.3, 0.4) is 0 Å². The van der Waals surface area contributed by atoms with Crippen molar-refractivity contribution in [1.82, 2.24) is 24.5 Å². The Hall–Kier alpha value is -3.39. The molecule has 0 saturated heterocycles. The van der Waals surface area contributed by atoms with E-state index in [4.69, 9.17) is 0 Å². The van der Waals surface area contributed by atoms with E-state index in [9.17, 15) is 4.79 Å². The molecule has 0 aliphatic carbocycles. The van der Waals surface area contributed by atoms with Crippen LogP contribution in [0.5, 0.6) is 0 Å². The molecular formula is C23H24N6OS. The highest BCUT2D eigenvalue weighted by Gasteiger charge is 2.16. The van der Waals surface area contributed by atoms with Crippen LogP contribution in [0.4, 0.5) is 5.82 Å². The predicted octanol–water partition coefficient (Wildman–Crippen LogP) is 4.42. The Morgan fingerprint density at radius 1 is 1.00 bits per heavy atom. The zero-order valence-corrected chi connectivity index (χ0v) is 18.8. The van der Waals surface area contributed by atoms with Crippen LogP contribution in [0.2, 0.25) is 0 Å². The molecule has 0 spiro atoms. The van der Waals surface area contributed by atoms with Gasteiger partial charge in [-0.25, -0.2) is 4.68 Å². The summed E-state index contributed by atoms with van der Waals surface area (Å²) in [5.41, 5.74) is 5.04. The molecule has 1 N–H and O–H groups in total. The number of hydrogen-bond acceptors (Lipinski definition) is 5. The molecule has 0 bridgehead atoms. The van der Waals surface area contributed by atoms with Crippen LogP contribution in [0.25, 0.3) is 11.4 Å². The number of anilines is 1. The maximum Gasteiger partial charge on any atom is 0.236 e. The predicted molar refractivity (Wildman–Crippen MR) is 123 cm³/mol. The SMILES string of the molecule is Cc1ccc(-n2nc(C)cc2NC(=O)CSc2nnc(C)n2-c2ccccc2C)cc1. The van der Waals surface area contributed by atoms with Crippen LogP contribution in [-0.2, 0) is 4.79 Å². The zero-order chi connectivity index (χ0) is 22.0. The Morgan fingerprint density at radius 2 is 1.74 bits per heavy atom. The summed E-state index contributed by atoms with van der Waals surface area (Å²) in [6.07, 6.45) is 0. The van der Waals surface area contributed by atoms with Crippen molar-refractivity contribution in [3.8, 4) is 11.4 Å². The van der Waals surface area contributed by atoms with Crippen molar-refractivity contribution in [3.63, 3.8) is 0 Å². The Balaban J connectivity index is 1.50. The Labute approximate surface area is 185 Å². The second kappa shape index (κ2) is 8.77. The molecule has 0 atom stereocenters. The van der Waals surface area contributed by atoms with Crippen molar-refractivity contribution in [2.75, 3.05) is 11.1 Å². The number of thioether (sulfide) groups is 1. The molecule has 8 heteroatoms. The summed E-state index contributed by atoms with van der Waals surface area (Å²) in [6, 6.07) is 17.9. The third-order valence-corrected chi connectivity index (χ3v) is 5.79. The fraction of sp³-hybridized carbons (Fsp3) is 0.217. The Bertz CT molecular complexity index is 1230. The van der Waals surface area contributed by atoms with E-state index in [-0.39, 0.29) is 11.7 Å². The van der Waals surface area contributed by atoms with Gasteiger partial charge in [0.1, 0.15) is 11.6 Å². The molecule has 2 aromatic heterocycles. The molecule has 2 heterocycles. The van der Waals surface area contributed by atoms with Gasteiger partial charge in [0.15, 0.2) is 5.16 Å². The standard InChI is InChI=1S/C23H24N6OS/c1-15-9-11-19(12-10-15)29-21(13-17(3)27-29)24-22(30)14-31-23-26-25-18(4)28(23)20-8-6-5-7-16(20)2/h5-13H,14H2,1-4H3,(H,24,30). The number of hydrogen-bond donors (Lipinski definition) is 1. The van der Waals surface area contributed by atoms with Crippen LogP contribution in [-0.4, -0.2) is 36.2 Å². The first kappa shape index (κ1) is 20.9. The number of aromatic nitrogens is 5. The Morgan fingerprint density at radius 3 is 2.48 bits per heavy atom. The lowest BCUT2D eigenvalue weighted by Crippen LogP contribution is -2.17. The van der Waals surface area contributed by atoms with E-state index < -0.39 is 0 Å². The van der Waals surface area contributed by atoms with Crippen LogP contribution in [0.1, 0.15) is 22.6 Å². The Kier molecular flexibility index (Phi) is 5.90. The highest BCUT2D eigenvalue weighted by Crippen LogP contribution is 2.24. The molecule has 0 fully saturated rings. The lowest BCUT2D eigenvalue weighted by atomic mass is 10.2.